The summed E-state index contributed by atoms with van der Waals surface area (Å²) in [6, 6.07) is 0. The van der Waals surface area contributed by atoms with E-state index in [-0.39, 0.29) is 32.0 Å². The van der Waals surface area contributed by atoms with E-state index in [0.717, 1.165) is 0 Å². The average Bonchev–Trinajstić information content (AvgIpc) is 2.26. The first kappa shape index (κ1) is 16.4. The zero-order valence-electron chi connectivity index (χ0n) is 10.8. The number of carboxylic acid groups (broad SMARTS) is 2. The van der Waals surface area contributed by atoms with Gasteiger partial charge in [-0.05, 0) is 13.8 Å². The Bertz CT molecular complexity index is 302. The normalized spacial score (nSPS) is 10.4. The van der Waals surface area contributed by atoms with Crippen LogP contribution in [0.3, 0.4) is 0 Å². The van der Waals surface area contributed by atoms with Gasteiger partial charge in [0.05, 0.1) is 19.5 Å². The summed E-state index contributed by atoms with van der Waals surface area (Å²) in [7, 11) is 0. The number of amides is 1. The number of hydrogen-bond donors (Lipinski definition) is 2. The lowest BCUT2D eigenvalue weighted by Crippen LogP contribution is -2.42. The van der Waals surface area contributed by atoms with E-state index >= 15 is 0 Å². The second-order valence-electron chi connectivity index (χ2n) is 3.81. The van der Waals surface area contributed by atoms with Crippen LogP contribution in [0.2, 0.25) is 0 Å². The van der Waals surface area contributed by atoms with Crippen LogP contribution in [0.5, 0.6) is 0 Å². The summed E-state index contributed by atoms with van der Waals surface area (Å²) in [4.78, 5) is 35.8. The van der Waals surface area contributed by atoms with Gasteiger partial charge in [-0.1, -0.05) is 0 Å². The van der Waals surface area contributed by atoms with Crippen LogP contribution in [0, 0.1) is 0 Å². The number of carbonyl (C=O) groups excluding carboxylic acids is 1. The lowest BCUT2D eigenvalue weighted by molar-refractivity contribution is -0.142. The topological polar surface area (TPSA) is 98.2 Å². The first-order valence-electron chi connectivity index (χ1n) is 5.84. The van der Waals surface area contributed by atoms with Crippen LogP contribution in [0.15, 0.2) is 0 Å². The number of carbonyl (C=O) groups is 3. The van der Waals surface area contributed by atoms with Crippen LogP contribution < -0.4 is 0 Å². The van der Waals surface area contributed by atoms with Gasteiger partial charge in [0.25, 0.3) is 0 Å². The van der Waals surface area contributed by atoms with Gasteiger partial charge >= 0.3 is 11.9 Å². The first-order valence-corrected chi connectivity index (χ1v) is 5.84. The number of carboxylic acids is 2. The molecule has 7 heteroatoms. The molecule has 0 aliphatic heterocycles. The molecule has 0 saturated heterocycles. The third-order valence-electron chi connectivity index (χ3n) is 2.48. The Hall–Kier alpha value is -1.63. The van der Waals surface area contributed by atoms with Crippen molar-refractivity contribution in [1.29, 1.82) is 0 Å². The minimum absolute atomic E-state index is 0.0502. The van der Waals surface area contributed by atoms with Crippen LogP contribution in [-0.4, -0.2) is 70.6 Å². The molecule has 2 N–H and O–H groups in total. The van der Waals surface area contributed by atoms with Gasteiger partial charge in [0.15, 0.2) is 0 Å². The fraction of sp³-hybridized carbons (Fsp3) is 0.727. The molecule has 0 rings (SSSR count). The summed E-state index contributed by atoms with van der Waals surface area (Å²) in [5, 5.41) is 17.3. The Balaban J connectivity index is 4.42. The van der Waals surface area contributed by atoms with Gasteiger partial charge in [0.1, 0.15) is 0 Å². The standard InChI is InChI=1S/C11H20N2O5/c1-3-13(4-2)9(14)7-12(8-11(17)18)6-5-10(15)16/h3-8H2,1-2H3,(H,15,16)(H,17,18). The highest BCUT2D eigenvalue weighted by molar-refractivity contribution is 5.79. The van der Waals surface area contributed by atoms with Crippen LogP contribution >= 0.6 is 0 Å². The highest BCUT2D eigenvalue weighted by Gasteiger charge is 2.17. The molecule has 0 aromatic carbocycles. The molecule has 0 heterocycles. The third kappa shape index (κ3) is 6.85. The van der Waals surface area contributed by atoms with E-state index in [1.54, 1.807) is 4.90 Å². The first-order chi connectivity index (χ1) is 8.40. The summed E-state index contributed by atoms with van der Waals surface area (Å²) in [6.07, 6.45) is -0.182. The molecule has 0 unspecified atom stereocenters. The largest absolute Gasteiger partial charge is 0.481 e. The quantitative estimate of drug-likeness (QED) is 0.591. The zero-order valence-corrected chi connectivity index (χ0v) is 10.8. The average molecular weight is 260 g/mol. The maximum Gasteiger partial charge on any atom is 0.317 e. The third-order valence-corrected chi connectivity index (χ3v) is 2.48. The van der Waals surface area contributed by atoms with Gasteiger partial charge in [0, 0.05) is 19.6 Å². The zero-order chi connectivity index (χ0) is 14.1. The number of rotatable bonds is 9. The molecule has 0 aromatic heterocycles. The SMILES string of the molecule is CCN(CC)C(=O)CN(CCC(=O)O)CC(=O)O. The number of nitrogens with zero attached hydrogens (tertiary/aromatic N) is 2. The smallest absolute Gasteiger partial charge is 0.317 e. The Kier molecular flexibility index (Phi) is 7.69. The summed E-state index contributed by atoms with van der Waals surface area (Å²) < 4.78 is 0. The van der Waals surface area contributed by atoms with E-state index in [2.05, 4.69) is 0 Å². The van der Waals surface area contributed by atoms with E-state index in [1.165, 1.54) is 4.90 Å². The molecule has 1 amide bonds. The van der Waals surface area contributed by atoms with Gasteiger partial charge in [0.2, 0.25) is 5.91 Å². The van der Waals surface area contributed by atoms with Crippen molar-refractivity contribution in [3.05, 3.63) is 0 Å². The summed E-state index contributed by atoms with van der Waals surface area (Å²) in [5.41, 5.74) is 0. The summed E-state index contributed by atoms with van der Waals surface area (Å²) in [5.74, 6) is -2.28. The van der Waals surface area contributed by atoms with Crippen molar-refractivity contribution in [1.82, 2.24) is 9.80 Å². The van der Waals surface area contributed by atoms with Crippen LogP contribution in [0.25, 0.3) is 0 Å². The molecule has 0 bridgehead atoms. The molecule has 7 nitrogen and oxygen atoms in total. The van der Waals surface area contributed by atoms with Gasteiger partial charge in [-0.25, -0.2) is 0 Å². The molecular formula is C11H20N2O5. The van der Waals surface area contributed by atoms with E-state index < -0.39 is 11.9 Å². The predicted octanol–water partition coefficient (Wildman–Crippen LogP) is -0.284. The molecule has 18 heavy (non-hydrogen) atoms. The minimum Gasteiger partial charge on any atom is -0.481 e. The van der Waals surface area contributed by atoms with Crippen molar-refractivity contribution in [3.63, 3.8) is 0 Å². The number of hydrogen-bond acceptors (Lipinski definition) is 4. The van der Waals surface area contributed by atoms with Crippen molar-refractivity contribution in [2.45, 2.75) is 20.3 Å². The van der Waals surface area contributed by atoms with E-state index in [4.69, 9.17) is 10.2 Å². The van der Waals surface area contributed by atoms with Gasteiger partial charge in [-0.3, -0.25) is 19.3 Å². The summed E-state index contributed by atoms with van der Waals surface area (Å²) >= 11 is 0. The molecule has 0 spiro atoms. The Morgan fingerprint density at radius 2 is 1.50 bits per heavy atom. The second-order valence-corrected chi connectivity index (χ2v) is 3.81. The molecule has 0 aliphatic carbocycles. The van der Waals surface area contributed by atoms with Gasteiger partial charge < -0.3 is 15.1 Å². The molecule has 0 radical (unpaired) electrons. The lowest BCUT2D eigenvalue weighted by Gasteiger charge is -2.24. The molecule has 0 fully saturated rings. The van der Waals surface area contributed by atoms with Crippen LogP contribution in [0.1, 0.15) is 20.3 Å². The molecule has 104 valence electrons. The fourth-order valence-electron chi connectivity index (χ4n) is 1.53. The monoisotopic (exact) mass is 260 g/mol. The van der Waals surface area contributed by atoms with Gasteiger partial charge in [-0.2, -0.15) is 0 Å². The molecule has 0 atom stereocenters. The lowest BCUT2D eigenvalue weighted by atomic mass is 10.3. The van der Waals surface area contributed by atoms with Crippen molar-refractivity contribution >= 4 is 17.8 Å². The highest BCUT2D eigenvalue weighted by Crippen LogP contribution is 1.97. The highest BCUT2D eigenvalue weighted by atomic mass is 16.4. The van der Waals surface area contributed by atoms with E-state index in [9.17, 15) is 14.4 Å². The molecule has 0 saturated carbocycles. The maximum absolute atomic E-state index is 11.8. The Labute approximate surface area is 106 Å². The number of likely N-dealkylation sites (N-methyl/N-ethyl adjacent to an activating group) is 1. The second kappa shape index (κ2) is 8.46. The van der Waals surface area contributed by atoms with Crippen molar-refractivity contribution in [2.75, 3.05) is 32.7 Å². The summed E-state index contributed by atoms with van der Waals surface area (Å²) in [6.45, 7) is 4.42. The van der Waals surface area contributed by atoms with E-state index in [0.29, 0.717) is 13.1 Å². The van der Waals surface area contributed by atoms with Crippen LogP contribution in [0.4, 0.5) is 0 Å². The van der Waals surface area contributed by atoms with Crippen molar-refractivity contribution in [2.24, 2.45) is 0 Å². The molecule has 0 aliphatic rings. The van der Waals surface area contributed by atoms with Crippen molar-refractivity contribution < 1.29 is 24.6 Å². The number of aliphatic carboxylic acids is 2. The van der Waals surface area contributed by atoms with Crippen LogP contribution in [-0.2, 0) is 14.4 Å². The molecular weight excluding hydrogens is 240 g/mol. The Morgan fingerprint density at radius 3 is 1.89 bits per heavy atom. The van der Waals surface area contributed by atoms with E-state index in [1.807, 2.05) is 13.8 Å². The predicted molar refractivity (Wildman–Crippen MR) is 64.3 cm³/mol. The van der Waals surface area contributed by atoms with Gasteiger partial charge in [-0.15, -0.1) is 0 Å². The Morgan fingerprint density at radius 1 is 0.944 bits per heavy atom. The minimum atomic E-state index is -1.08. The van der Waals surface area contributed by atoms with Crippen molar-refractivity contribution in [3.8, 4) is 0 Å². The molecule has 0 aromatic rings. The fourth-order valence-corrected chi connectivity index (χ4v) is 1.53. The maximum atomic E-state index is 11.8.